The lowest BCUT2D eigenvalue weighted by Crippen LogP contribution is -2.33. The van der Waals surface area contributed by atoms with Crippen molar-refractivity contribution in [3.8, 4) is 0 Å². The Morgan fingerprint density at radius 2 is 1.82 bits per heavy atom. The summed E-state index contributed by atoms with van der Waals surface area (Å²) in [6, 6.07) is 5.89. The van der Waals surface area contributed by atoms with Crippen LogP contribution < -0.4 is 10.6 Å². The van der Waals surface area contributed by atoms with Crippen molar-refractivity contribution < 1.29 is 13.2 Å². The third kappa shape index (κ3) is 6.47. The van der Waals surface area contributed by atoms with Crippen molar-refractivity contribution in [3.63, 3.8) is 0 Å². The third-order valence-electron chi connectivity index (χ3n) is 3.63. The summed E-state index contributed by atoms with van der Waals surface area (Å²) in [6.45, 7) is 4.95. The number of amides is 2. The molecule has 0 saturated heterocycles. The zero-order valence-corrected chi connectivity index (χ0v) is 14.4. The van der Waals surface area contributed by atoms with E-state index in [1.165, 1.54) is 18.6 Å². The number of sulfone groups is 1. The fourth-order valence-corrected chi connectivity index (χ4v) is 2.77. The number of carbonyl (C=O) groups is 1. The number of anilines is 1. The minimum absolute atomic E-state index is 0.240. The molecule has 0 unspecified atom stereocenters. The summed E-state index contributed by atoms with van der Waals surface area (Å²) in [6.07, 6.45) is 5.66. The second-order valence-corrected chi connectivity index (χ2v) is 7.56. The summed E-state index contributed by atoms with van der Waals surface area (Å²) >= 11 is 0. The molecule has 0 aliphatic rings. The highest BCUT2D eigenvalue weighted by atomic mass is 32.2. The molecule has 0 spiro atoms. The van der Waals surface area contributed by atoms with Crippen molar-refractivity contribution in [1.82, 2.24) is 5.32 Å². The molecule has 0 radical (unpaired) electrons. The molecule has 6 heteroatoms. The highest BCUT2D eigenvalue weighted by molar-refractivity contribution is 7.90. The minimum Gasteiger partial charge on any atom is -0.338 e. The Morgan fingerprint density at radius 1 is 1.18 bits per heavy atom. The van der Waals surface area contributed by atoms with Crippen molar-refractivity contribution in [3.05, 3.63) is 24.3 Å². The van der Waals surface area contributed by atoms with Gasteiger partial charge >= 0.3 is 6.03 Å². The highest BCUT2D eigenvalue weighted by Gasteiger charge is 2.09. The van der Waals surface area contributed by atoms with Gasteiger partial charge in [0.1, 0.15) is 0 Å². The number of unbranched alkanes of at least 4 members (excludes halogenated alkanes) is 1. The largest absolute Gasteiger partial charge is 0.338 e. The summed E-state index contributed by atoms with van der Waals surface area (Å²) in [7, 11) is -3.21. The molecule has 1 aromatic rings. The lowest BCUT2D eigenvalue weighted by atomic mass is 9.99. The van der Waals surface area contributed by atoms with E-state index in [0.717, 1.165) is 25.5 Å². The first kappa shape index (κ1) is 18.5. The number of benzene rings is 1. The van der Waals surface area contributed by atoms with Crippen LogP contribution in [0.25, 0.3) is 0 Å². The lowest BCUT2D eigenvalue weighted by Gasteiger charge is -2.15. The van der Waals surface area contributed by atoms with Gasteiger partial charge in [0.25, 0.3) is 0 Å². The summed E-state index contributed by atoms with van der Waals surface area (Å²) in [5.74, 6) is 0.498. The molecule has 22 heavy (non-hydrogen) atoms. The quantitative estimate of drug-likeness (QED) is 0.768. The maximum Gasteiger partial charge on any atom is 0.319 e. The molecule has 0 aliphatic carbocycles. The molecule has 124 valence electrons. The number of hydrogen-bond donors (Lipinski definition) is 2. The number of urea groups is 1. The van der Waals surface area contributed by atoms with Gasteiger partial charge in [0, 0.05) is 18.5 Å². The van der Waals surface area contributed by atoms with E-state index < -0.39 is 9.84 Å². The van der Waals surface area contributed by atoms with Gasteiger partial charge in [0.15, 0.2) is 9.84 Å². The van der Waals surface area contributed by atoms with E-state index in [2.05, 4.69) is 24.5 Å². The first-order valence-electron chi connectivity index (χ1n) is 7.71. The molecule has 0 bridgehead atoms. The van der Waals surface area contributed by atoms with Crippen molar-refractivity contribution in [1.29, 1.82) is 0 Å². The second-order valence-electron chi connectivity index (χ2n) is 5.55. The fourth-order valence-electron chi connectivity index (χ4n) is 2.14. The van der Waals surface area contributed by atoms with Gasteiger partial charge in [-0.15, -0.1) is 0 Å². The van der Waals surface area contributed by atoms with E-state index in [-0.39, 0.29) is 10.9 Å². The molecule has 0 heterocycles. The predicted molar refractivity (Wildman–Crippen MR) is 89.9 cm³/mol. The van der Waals surface area contributed by atoms with Gasteiger partial charge in [0.05, 0.1) is 4.90 Å². The summed E-state index contributed by atoms with van der Waals surface area (Å²) in [5, 5.41) is 5.58. The molecule has 0 aromatic heterocycles. The molecule has 5 nitrogen and oxygen atoms in total. The zero-order valence-electron chi connectivity index (χ0n) is 13.6. The zero-order chi connectivity index (χ0) is 16.6. The Hall–Kier alpha value is -1.56. The molecule has 2 amide bonds. The molecule has 1 aromatic carbocycles. The first-order chi connectivity index (χ1) is 10.4. The topological polar surface area (TPSA) is 75.3 Å². The molecule has 2 N–H and O–H groups in total. The van der Waals surface area contributed by atoms with E-state index in [4.69, 9.17) is 0 Å². The molecular weight excluding hydrogens is 300 g/mol. The molecule has 1 atom stereocenters. The normalized spacial score (nSPS) is 12.7. The van der Waals surface area contributed by atoms with Gasteiger partial charge in [-0.05, 0) is 36.6 Å². The van der Waals surface area contributed by atoms with E-state index >= 15 is 0 Å². The number of carbonyl (C=O) groups excluding carboxylic acids is 1. The highest BCUT2D eigenvalue weighted by Crippen LogP contribution is 2.14. The van der Waals surface area contributed by atoms with Crippen LogP contribution >= 0.6 is 0 Å². The summed E-state index contributed by atoms with van der Waals surface area (Å²) < 4.78 is 22.7. The Balaban J connectivity index is 2.48. The van der Waals surface area contributed by atoms with Crippen LogP contribution in [-0.4, -0.2) is 27.2 Å². The van der Waals surface area contributed by atoms with Crippen molar-refractivity contribution in [2.75, 3.05) is 18.1 Å². The molecule has 0 fully saturated rings. The first-order valence-corrected chi connectivity index (χ1v) is 9.61. The van der Waals surface area contributed by atoms with Crippen LogP contribution in [0.15, 0.2) is 29.2 Å². The maximum atomic E-state index is 11.8. The third-order valence-corrected chi connectivity index (χ3v) is 4.76. The van der Waals surface area contributed by atoms with Crippen LogP contribution in [-0.2, 0) is 9.84 Å². The summed E-state index contributed by atoms with van der Waals surface area (Å²) in [5.41, 5.74) is 0.575. The van der Waals surface area contributed by atoms with Gasteiger partial charge in [-0.1, -0.05) is 33.1 Å². The molecule has 1 rings (SSSR count). The SMILES string of the molecule is CCCC[C@@H](CC)CNC(=O)Nc1ccc(S(C)(=O)=O)cc1. The fraction of sp³-hybridized carbons (Fsp3) is 0.562. The van der Waals surface area contributed by atoms with Crippen LogP contribution in [0.4, 0.5) is 10.5 Å². The number of nitrogens with one attached hydrogen (secondary N) is 2. The van der Waals surface area contributed by atoms with E-state index in [0.29, 0.717) is 18.2 Å². The monoisotopic (exact) mass is 326 g/mol. The molecule has 0 aliphatic heterocycles. The summed E-state index contributed by atoms with van der Waals surface area (Å²) in [4.78, 5) is 12.1. The van der Waals surface area contributed by atoms with Crippen LogP contribution in [0.5, 0.6) is 0 Å². The predicted octanol–water partition coefficient (Wildman–Crippen LogP) is 3.43. The average molecular weight is 326 g/mol. The number of hydrogen-bond acceptors (Lipinski definition) is 3. The van der Waals surface area contributed by atoms with Gasteiger partial charge < -0.3 is 10.6 Å². The second kappa shape index (κ2) is 8.78. The van der Waals surface area contributed by atoms with Crippen LogP contribution in [0.2, 0.25) is 0 Å². The number of rotatable bonds is 8. The molecule has 0 saturated carbocycles. The lowest BCUT2D eigenvalue weighted by molar-refractivity contribution is 0.249. The molecular formula is C16H26N2O3S. The maximum absolute atomic E-state index is 11.8. The van der Waals surface area contributed by atoms with E-state index in [1.54, 1.807) is 12.1 Å². The average Bonchev–Trinajstić information content (AvgIpc) is 2.47. The van der Waals surface area contributed by atoms with Gasteiger partial charge in [-0.3, -0.25) is 0 Å². The van der Waals surface area contributed by atoms with Gasteiger partial charge in [-0.25, -0.2) is 13.2 Å². The van der Waals surface area contributed by atoms with E-state index in [9.17, 15) is 13.2 Å². The van der Waals surface area contributed by atoms with Gasteiger partial charge in [-0.2, -0.15) is 0 Å². The Labute approximate surface area is 133 Å². The van der Waals surface area contributed by atoms with Crippen molar-refractivity contribution >= 4 is 21.6 Å². The standard InChI is InChI=1S/C16H26N2O3S/c1-4-6-7-13(5-2)12-17-16(19)18-14-8-10-15(11-9-14)22(3,20)21/h8-11,13H,4-7,12H2,1-3H3,(H2,17,18,19)/t13-/m1/s1. The Kier molecular flexibility index (Phi) is 7.38. The smallest absolute Gasteiger partial charge is 0.319 e. The van der Waals surface area contributed by atoms with Crippen LogP contribution in [0.1, 0.15) is 39.5 Å². The minimum atomic E-state index is -3.21. The van der Waals surface area contributed by atoms with Crippen molar-refractivity contribution in [2.45, 2.75) is 44.4 Å². The van der Waals surface area contributed by atoms with Gasteiger partial charge in [0.2, 0.25) is 0 Å². The van der Waals surface area contributed by atoms with Crippen molar-refractivity contribution in [2.24, 2.45) is 5.92 Å². The van der Waals surface area contributed by atoms with E-state index in [1.807, 2.05) is 0 Å². The Bertz CT molecular complexity index is 568. The Morgan fingerprint density at radius 3 is 2.32 bits per heavy atom. The van der Waals surface area contributed by atoms with Crippen LogP contribution in [0.3, 0.4) is 0 Å². The van der Waals surface area contributed by atoms with Crippen LogP contribution in [0, 0.1) is 5.92 Å².